The molecule has 6 heteroatoms. The van der Waals surface area contributed by atoms with Crippen molar-refractivity contribution >= 4 is 23.2 Å². The number of hydrogen-bond acceptors (Lipinski definition) is 4. The zero-order valence-corrected chi connectivity index (χ0v) is 13.5. The molecule has 2 amide bonds. The highest BCUT2D eigenvalue weighted by atomic mass is 16.3. The number of carbonyl (C=O) groups is 2. The fourth-order valence-electron chi connectivity index (χ4n) is 1.99. The first-order chi connectivity index (χ1) is 11.5. The highest BCUT2D eigenvalue weighted by Gasteiger charge is 2.07. The Labute approximate surface area is 140 Å². The van der Waals surface area contributed by atoms with Crippen LogP contribution in [0.25, 0.3) is 0 Å². The van der Waals surface area contributed by atoms with Gasteiger partial charge in [-0.1, -0.05) is 19.1 Å². The zero-order chi connectivity index (χ0) is 17.5. The summed E-state index contributed by atoms with van der Waals surface area (Å²) in [4.78, 5) is 23.4. The fourth-order valence-corrected chi connectivity index (χ4v) is 1.99. The lowest BCUT2D eigenvalue weighted by Crippen LogP contribution is -2.19. The largest absolute Gasteiger partial charge is 0.507 e. The van der Waals surface area contributed by atoms with Gasteiger partial charge in [0.05, 0.1) is 5.71 Å². The summed E-state index contributed by atoms with van der Waals surface area (Å²) in [6.45, 7) is 3.46. The average Bonchev–Trinajstić information content (AvgIpc) is 2.60. The summed E-state index contributed by atoms with van der Waals surface area (Å²) in [5.74, 6) is -0.364. The summed E-state index contributed by atoms with van der Waals surface area (Å²) < 4.78 is 0. The SMILES string of the molecule is CCC(=O)Nc1ccc(C(=O)N/N=C(/C)c2ccccc2O)cc1. The Kier molecular flexibility index (Phi) is 5.68. The maximum Gasteiger partial charge on any atom is 0.271 e. The fraction of sp³-hybridized carbons (Fsp3) is 0.167. The van der Waals surface area contributed by atoms with Crippen LogP contribution in [0.15, 0.2) is 53.6 Å². The standard InChI is InChI=1S/C18H19N3O3/c1-3-17(23)19-14-10-8-13(9-11-14)18(24)21-20-12(2)15-6-4-5-7-16(15)22/h4-11,22H,3H2,1-2H3,(H,19,23)(H,21,24)/b20-12-. The van der Waals surface area contributed by atoms with Gasteiger partial charge in [0, 0.05) is 23.2 Å². The number of hydrazone groups is 1. The van der Waals surface area contributed by atoms with Crippen molar-refractivity contribution in [2.75, 3.05) is 5.32 Å². The third-order valence-corrected chi connectivity index (χ3v) is 3.37. The zero-order valence-electron chi connectivity index (χ0n) is 13.5. The lowest BCUT2D eigenvalue weighted by molar-refractivity contribution is -0.115. The molecule has 2 aromatic rings. The molecule has 0 aliphatic carbocycles. The maximum atomic E-state index is 12.1. The molecule has 0 fully saturated rings. The summed E-state index contributed by atoms with van der Waals surface area (Å²) in [6, 6.07) is 13.3. The molecule has 0 unspecified atom stereocenters. The van der Waals surface area contributed by atoms with Crippen molar-refractivity contribution in [1.29, 1.82) is 0 Å². The van der Waals surface area contributed by atoms with Crippen molar-refractivity contribution in [3.05, 3.63) is 59.7 Å². The molecule has 0 aromatic heterocycles. The summed E-state index contributed by atoms with van der Waals surface area (Å²) in [6.07, 6.45) is 0.391. The smallest absolute Gasteiger partial charge is 0.271 e. The number of aromatic hydroxyl groups is 1. The molecule has 2 aromatic carbocycles. The van der Waals surface area contributed by atoms with E-state index in [0.29, 0.717) is 28.9 Å². The van der Waals surface area contributed by atoms with E-state index in [1.165, 1.54) is 0 Å². The van der Waals surface area contributed by atoms with Crippen molar-refractivity contribution in [2.45, 2.75) is 20.3 Å². The summed E-state index contributed by atoms with van der Waals surface area (Å²) in [7, 11) is 0. The van der Waals surface area contributed by atoms with Crippen LogP contribution in [0, 0.1) is 0 Å². The van der Waals surface area contributed by atoms with Gasteiger partial charge in [-0.3, -0.25) is 9.59 Å². The molecule has 0 radical (unpaired) electrons. The molecule has 0 saturated heterocycles. The number of nitrogens with zero attached hydrogens (tertiary/aromatic N) is 1. The second-order valence-corrected chi connectivity index (χ2v) is 5.13. The molecule has 0 heterocycles. The Morgan fingerprint density at radius 1 is 1.08 bits per heavy atom. The van der Waals surface area contributed by atoms with E-state index in [4.69, 9.17) is 0 Å². The molecule has 0 atom stereocenters. The van der Waals surface area contributed by atoms with Crippen molar-refractivity contribution in [2.24, 2.45) is 5.10 Å². The topological polar surface area (TPSA) is 90.8 Å². The van der Waals surface area contributed by atoms with Gasteiger partial charge in [0.1, 0.15) is 5.75 Å². The molecule has 24 heavy (non-hydrogen) atoms. The average molecular weight is 325 g/mol. The van der Waals surface area contributed by atoms with E-state index in [9.17, 15) is 14.7 Å². The number of hydrogen-bond donors (Lipinski definition) is 3. The van der Waals surface area contributed by atoms with Gasteiger partial charge in [-0.15, -0.1) is 0 Å². The van der Waals surface area contributed by atoms with Crippen LogP contribution in [0.4, 0.5) is 5.69 Å². The Morgan fingerprint density at radius 3 is 2.38 bits per heavy atom. The number of anilines is 1. The third kappa shape index (κ3) is 4.42. The first kappa shape index (κ1) is 17.2. The van der Waals surface area contributed by atoms with Crippen LogP contribution in [-0.2, 0) is 4.79 Å². The quantitative estimate of drug-likeness (QED) is 0.583. The van der Waals surface area contributed by atoms with Gasteiger partial charge in [-0.2, -0.15) is 5.10 Å². The first-order valence-corrected chi connectivity index (χ1v) is 7.54. The molecule has 0 saturated carbocycles. The van der Waals surface area contributed by atoms with Crippen LogP contribution in [0.3, 0.4) is 0 Å². The van der Waals surface area contributed by atoms with Gasteiger partial charge in [-0.05, 0) is 43.3 Å². The predicted molar refractivity (Wildman–Crippen MR) is 93.1 cm³/mol. The highest BCUT2D eigenvalue weighted by molar-refractivity contribution is 6.02. The Bertz CT molecular complexity index is 767. The monoisotopic (exact) mass is 325 g/mol. The Morgan fingerprint density at radius 2 is 1.75 bits per heavy atom. The lowest BCUT2D eigenvalue weighted by Gasteiger charge is -2.06. The second kappa shape index (κ2) is 7.92. The molecular weight excluding hydrogens is 306 g/mol. The first-order valence-electron chi connectivity index (χ1n) is 7.54. The van der Waals surface area contributed by atoms with Gasteiger partial charge >= 0.3 is 0 Å². The van der Waals surface area contributed by atoms with Crippen molar-refractivity contribution in [3.63, 3.8) is 0 Å². The van der Waals surface area contributed by atoms with Gasteiger partial charge < -0.3 is 10.4 Å². The minimum atomic E-state index is -0.377. The minimum Gasteiger partial charge on any atom is -0.507 e. The molecule has 0 aliphatic heterocycles. The Hall–Kier alpha value is -3.15. The number of amides is 2. The Balaban J connectivity index is 2.03. The number of carbonyl (C=O) groups excluding carboxylic acids is 2. The van der Waals surface area contributed by atoms with Crippen LogP contribution in [-0.4, -0.2) is 22.6 Å². The van der Waals surface area contributed by atoms with Crippen LogP contribution < -0.4 is 10.7 Å². The van der Waals surface area contributed by atoms with E-state index in [0.717, 1.165) is 0 Å². The van der Waals surface area contributed by atoms with E-state index in [-0.39, 0.29) is 17.6 Å². The number of phenols is 1. The highest BCUT2D eigenvalue weighted by Crippen LogP contribution is 2.16. The normalized spacial score (nSPS) is 11.0. The second-order valence-electron chi connectivity index (χ2n) is 5.13. The molecule has 0 bridgehead atoms. The van der Waals surface area contributed by atoms with Crippen LogP contribution in [0.2, 0.25) is 0 Å². The van der Waals surface area contributed by atoms with Gasteiger partial charge in [0.15, 0.2) is 0 Å². The summed E-state index contributed by atoms with van der Waals surface area (Å²) in [5, 5.41) is 16.5. The number of para-hydroxylation sites is 1. The number of benzene rings is 2. The summed E-state index contributed by atoms with van der Waals surface area (Å²) in [5.41, 5.74) is 4.54. The van der Waals surface area contributed by atoms with Crippen molar-refractivity contribution < 1.29 is 14.7 Å². The van der Waals surface area contributed by atoms with Gasteiger partial charge in [-0.25, -0.2) is 5.43 Å². The molecule has 3 N–H and O–H groups in total. The van der Waals surface area contributed by atoms with E-state index < -0.39 is 0 Å². The molecule has 6 nitrogen and oxygen atoms in total. The molecule has 2 rings (SSSR count). The third-order valence-electron chi connectivity index (χ3n) is 3.37. The van der Waals surface area contributed by atoms with Crippen molar-refractivity contribution in [3.8, 4) is 5.75 Å². The number of nitrogens with one attached hydrogen (secondary N) is 2. The van der Waals surface area contributed by atoms with E-state index >= 15 is 0 Å². The van der Waals surface area contributed by atoms with E-state index in [1.54, 1.807) is 62.4 Å². The number of rotatable bonds is 5. The minimum absolute atomic E-state index is 0.0879. The molecule has 0 aliphatic rings. The van der Waals surface area contributed by atoms with E-state index in [1.807, 2.05) is 0 Å². The van der Waals surface area contributed by atoms with Crippen LogP contribution in [0.1, 0.15) is 36.2 Å². The van der Waals surface area contributed by atoms with E-state index in [2.05, 4.69) is 15.8 Å². The lowest BCUT2D eigenvalue weighted by atomic mass is 10.1. The van der Waals surface area contributed by atoms with Gasteiger partial charge in [0.2, 0.25) is 5.91 Å². The van der Waals surface area contributed by atoms with Gasteiger partial charge in [0.25, 0.3) is 5.91 Å². The van der Waals surface area contributed by atoms with Crippen LogP contribution >= 0.6 is 0 Å². The number of phenolic OH excluding ortho intramolecular Hbond substituents is 1. The molecule has 124 valence electrons. The molecule has 0 spiro atoms. The summed E-state index contributed by atoms with van der Waals surface area (Å²) >= 11 is 0. The predicted octanol–water partition coefficient (Wildman–Crippen LogP) is 2.89. The maximum absolute atomic E-state index is 12.1. The van der Waals surface area contributed by atoms with Crippen LogP contribution in [0.5, 0.6) is 5.75 Å². The van der Waals surface area contributed by atoms with Crippen molar-refractivity contribution in [1.82, 2.24) is 5.43 Å². The molecular formula is C18H19N3O3.